The van der Waals surface area contributed by atoms with Gasteiger partial charge in [-0.2, -0.15) is 0 Å². The number of carbonyl (C=O) groups is 3. The fourth-order valence-corrected chi connectivity index (χ4v) is 5.44. The second-order valence-electron chi connectivity index (χ2n) is 10.4. The Morgan fingerprint density at radius 2 is 1.70 bits per heavy atom. The number of thiophene rings is 1. The van der Waals surface area contributed by atoms with E-state index in [1.54, 1.807) is 0 Å². The van der Waals surface area contributed by atoms with Crippen LogP contribution in [0.1, 0.15) is 34.6 Å². The Bertz CT molecular complexity index is 1500. The van der Waals surface area contributed by atoms with Gasteiger partial charge in [-0.25, -0.2) is 14.8 Å². The Morgan fingerprint density at radius 3 is 2.26 bits per heavy atom. The topological polar surface area (TPSA) is 169 Å². The first kappa shape index (κ1) is 33.2. The molecule has 0 fully saturated rings. The number of nitrogens with zero attached hydrogens (tertiary/aromatic N) is 5. The van der Waals surface area contributed by atoms with Crippen molar-refractivity contribution in [2.24, 2.45) is 0 Å². The lowest BCUT2D eigenvalue weighted by molar-refractivity contribution is -0.170. The summed E-state index contributed by atoms with van der Waals surface area (Å²) in [4.78, 5) is 47.0. The summed E-state index contributed by atoms with van der Waals surface area (Å²) in [6, 6.07) is 15.2. The number of hydrogen-bond acceptors (Lipinski definition) is 9. The third-order valence-corrected chi connectivity index (χ3v) is 7.49. The van der Waals surface area contributed by atoms with E-state index in [0.29, 0.717) is 0 Å². The predicted molar refractivity (Wildman–Crippen MR) is 163 cm³/mol. The van der Waals surface area contributed by atoms with E-state index in [0.717, 1.165) is 43.9 Å². The molecule has 0 unspecified atom stereocenters. The number of imidazole rings is 1. The van der Waals surface area contributed by atoms with Crippen molar-refractivity contribution in [3.63, 3.8) is 0 Å². The van der Waals surface area contributed by atoms with E-state index >= 15 is 0 Å². The molecule has 4 rings (SSSR count). The molecule has 0 saturated heterocycles. The summed E-state index contributed by atoms with van der Waals surface area (Å²) < 4.78 is 2.15. The number of aliphatic carboxylic acids is 3. The van der Waals surface area contributed by atoms with E-state index in [-0.39, 0.29) is 0 Å². The van der Waals surface area contributed by atoms with Crippen LogP contribution < -0.4 is 4.90 Å². The fourth-order valence-electron chi connectivity index (χ4n) is 4.51. The first-order chi connectivity index (χ1) is 20.4. The van der Waals surface area contributed by atoms with Gasteiger partial charge in [-0.05, 0) is 37.6 Å². The van der Waals surface area contributed by atoms with Crippen LogP contribution in [0.15, 0.2) is 61.2 Å². The Labute approximate surface area is 253 Å². The van der Waals surface area contributed by atoms with Crippen molar-refractivity contribution in [3.8, 4) is 0 Å². The van der Waals surface area contributed by atoms with Crippen molar-refractivity contribution < 1.29 is 34.8 Å². The number of rotatable bonds is 14. The van der Waals surface area contributed by atoms with Gasteiger partial charge in [0.25, 0.3) is 0 Å². The van der Waals surface area contributed by atoms with E-state index in [4.69, 9.17) is 25.4 Å². The van der Waals surface area contributed by atoms with Gasteiger partial charge in [-0.3, -0.25) is 14.5 Å². The monoisotopic (exact) mass is 611 g/mol. The molecule has 12 nitrogen and oxygen atoms in total. The molecule has 0 aliphatic rings. The summed E-state index contributed by atoms with van der Waals surface area (Å²) in [6.07, 6.45) is 4.56. The number of fused-ring (bicyclic) bond motifs is 1. The summed E-state index contributed by atoms with van der Waals surface area (Å²) in [6.45, 7) is 6.02. The summed E-state index contributed by atoms with van der Waals surface area (Å²) in [5.74, 6) is -3.97. The van der Waals surface area contributed by atoms with Gasteiger partial charge >= 0.3 is 17.9 Å². The third-order valence-electron chi connectivity index (χ3n) is 6.51. The number of anilines is 1. The highest BCUT2D eigenvalue weighted by Crippen LogP contribution is 2.25. The maximum atomic E-state index is 10.3. The average molecular weight is 612 g/mol. The quantitative estimate of drug-likeness (QED) is 0.164. The van der Waals surface area contributed by atoms with Gasteiger partial charge < -0.3 is 29.9 Å². The summed E-state index contributed by atoms with van der Waals surface area (Å²) in [7, 11) is 4.15. The molecular formula is C30H37N5O7S. The molecule has 3 heterocycles. The second kappa shape index (κ2) is 15.2. The van der Waals surface area contributed by atoms with Gasteiger partial charge in [0.1, 0.15) is 5.82 Å². The SMILES string of the molecule is Cc1ccc(CN(CCCn2ccnc2)Cc2cc3ccccc3nc2N(C)C)s1.O=C(O)CC(O)(CC(=O)O)C(=O)O. The van der Waals surface area contributed by atoms with Crippen molar-refractivity contribution in [1.82, 2.24) is 19.4 Å². The highest BCUT2D eigenvalue weighted by molar-refractivity contribution is 7.11. The Kier molecular flexibility index (Phi) is 11.8. The summed E-state index contributed by atoms with van der Waals surface area (Å²) in [5.41, 5.74) is -0.419. The minimum absolute atomic E-state index is 0.881. The first-order valence-corrected chi connectivity index (χ1v) is 14.4. The van der Waals surface area contributed by atoms with Crippen LogP contribution in [0.2, 0.25) is 0 Å². The van der Waals surface area contributed by atoms with Gasteiger partial charge in [0.2, 0.25) is 0 Å². The minimum atomic E-state index is -2.74. The van der Waals surface area contributed by atoms with Crippen molar-refractivity contribution in [2.75, 3.05) is 25.5 Å². The standard InChI is InChI=1S/C24H29N5S.C6H8O7/c1-19-9-10-22(30-19)17-29(13-6-12-28-14-11-25-18-28)16-21-15-20-7-4-5-8-23(20)26-24(21)27(2)3;7-3(8)1-6(13,5(11)12)2-4(9)10/h4-5,7-11,14-15,18H,6,12-13,16-17H2,1-3H3;13H,1-2H2,(H,7,8)(H,9,10)(H,11,12). The molecule has 4 N–H and O–H groups in total. The van der Waals surface area contributed by atoms with E-state index in [9.17, 15) is 14.4 Å². The lowest BCUT2D eigenvalue weighted by atomic mass is 9.96. The number of para-hydroxylation sites is 1. The number of aryl methyl sites for hydroxylation is 2. The normalized spacial score (nSPS) is 11.3. The van der Waals surface area contributed by atoms with Crippen molar-refractivity contribution >= 4 is 46.0 Å². The van der Waals surface area contributed by atoms with Crippen LogP contribution in [-0.4, -0.2) is 84.0 Å². The number of pyridine rings is 1. The van der Waals surface area contributed by atoms with Crippen molar-refractivity contribution in [3.05, 3.63) is 76.5 Å². The van der Waals surface area contributed by atoms with E-state index in [2.05, 4.69) is 82.8 Å². The average Bonchev–Trinajstić information content (AvgIpc) is 3.59. The van der Waals surface area contributed by atoms with Crippen molar-refractivity contribution in [2.45, 2.75) is 51.4 Å². The smallest absolute Gasteiger partial charge is 0.336 e. The minimum Gasteiger partial charge on any atom is -0.481 e. The van der Waals surface area contributed by atoms with Crippen LogP contribution in [0.3, 0.4) is 0 Å². The van der Waals surface area contributed by atoms with Gasteiger partial charge in [0.15, 0.2) is 5.60 Å². The Hall–Kier alpha value is -4.33. The summed E-state index contributed by atoms with van der Waals surface area (Å²) in [5, 5.41) is 35.0. The fraction of sp³-hybridized carbons (Fsp3) is 0.367. The molecule has 0 radical (unpaired) electrons. The number of carboxylic acid groups (broad SMARTS) is 3. The maximum absolute atomic E-state index is 10.3. The number of aliphatic hydroxyl groups is 1. The molecule has 1 aromatic carbocycles. The highest BCUT2D eigenvalue weighted by atomic mass is 32.1. The predicted octanol–water partition coefficient (Wildman–Crippen LogP) is 3.71. The van der Waals surface area contributed by atoms with E-state index < -0.39 is 36.4 Å². The molecule has 0 spiro atoms. The molecular weight excluding hydrogens is 574 g/mol. The van der Waals surface area contributed by atoms with Crippen LogP contribution in [0.25, 0.3) is 10.9 Å². The zero-order valence-corrected chi connectivity index (χ0v) is 25.2. The maximum Gasteiger partial charge on any atom is 0.336 e. The molecule has 3 aromatic heterocycles. The number of carboxylic acids is 3. The molecule has 0 aliphatic carbocycles. The molecule has 4 aromatic rings. The molecule has 0 bridgehead atoms. The Balaban J connectivity index is 0.000000331. The van der Waals surface area contributed by atoms with Crippen LogP contribution in [0, 0.1) is 6.92 Å². The highest BCUT2D eigenvalue weighted by Gasteiger charge is 2.40. The van der Waals surface area contributed by atoms with Crippen molar-refractivity contribution in [1.29, 1.82) is 0 Å². The number of aromatic nitrogens is 3. The number of benzene rings is 1. The lowest BCUT2D eigenvalue weighted by Crippen LogP contribution is -2.42. The van der Waals surface area contributed by atoms with E-state index in [1.165, 1.54) is 20.7 Å². The number of hydrogen-bond donors (Lipinski definition) is 4. The molecule has 0 saturated carbocycles. The molecule has 0 aliphatic heterocycles. The summed E-state index contributed by atoms with van der Waals surface area (Å²) >= 11 is 1.89. The van der Waals surface area contributed by atoms with Gasteiger partial charge in [0.05, 0.1) is 24.7 Å². The molecule has 230 valence electrons. The van der Waals surface area contributed by atoms with Crippen LogP contribution in [0.5, 0.6) is 0 Å². The van der Waals surface area contributed by atoms with Gasteiger partial charge in [-0.1, -0.05) is 18.2 Å². The largest absolute Gasteiger partial charge is 0.481 e. The lowest BCUT2D eigenvalue weighted by Gasteiger charge is -2.25. The van der Waals surface area contributed by atoms with Gasteiger partial charge in [-0.15, -0.1) is 11.3 Å². The van der Waals surface area contributed by atoms with E-state index in [1.807, 2.05) is 30.1 Å². The Morgan fingerprint density at radius 1 is 1.00 bits per heavy atom. The molecule has 13 heteroatoms. The van der Waals surface area contributed by atoms with Crippen LogP contribution in [-0.2, 0) is 34.0 Å². The molecule has 0 atom stereocenters. The first-order valence-electron chi connectivity index (χ1n) is 13.5. The van der Waals surface area contributed by atoms with Gasteiger partial charge in [0, 0.05) is 73.4 Å². The zero-order valence-electron chi connectivity index (χ0n) is 24.4. The zero-order chi connectivity index (χ0) is 31.6. The second-order valence-corrected chi connectivity index (χ2v) is 11.8. The van der Waals surface area contributed by atoms with Crippen LogP contribution >= 0.6 is 11.3 Å². The van der Waals surface area contributed by atoms with Crippen LogP contribution in [0.4, 0.5) is 5.82 Å². The third kappa shape index (κ3) is 10.2. The molecule has 0 amide bonds. The molecule has 43 heavy (non-hydrogen) atoms.